The van der Waals surface area contributed by atoms with Gasteiger partial charge in [0.2, 0.25) is 0 Å². The molecule has 5 fully saturated rings. The van der Waals surface area contributed by atoms with Crippen LogP contribution >= 0.6 is 0 Å². The number of ether oxygens (including phenoxy) is 2. The highest BCUT2D eigenvalue weighted by atomic mass is 16.6. The lowest BCUT2D eigenvalue weighted by Gasteiger charge is -2.48. The Morgan fingerprint density at radius 2 is 1.97 bits per heavy atom. The summed E-state index contributed by atoms with van der Waals surface area (Å²) < 4.78 is 12.5. The number of hydrogen-bond donors (Lipinski definition) is 0. The number of aromatic nitrogens is 1. The fourth-order valence-corrected chi connectivity index (χ4v) is 7.35. The van der Waals surface area contributed by atoms with Crippen LogP contribution in [0.2, 0.25) is 0 Å². The van der Waals surface area contributed by atoms with Crippen LogP contribution in [0.5, 0.6) is 0 Å². The van der Waals surface area contributed by atoms with Crippen LogP contribution in [0.25, 0.3) is 0 Å². The minimum atomic E-state index is -0.0245. The predicted octanol–water partition coefficient (Wildman–Crippen LogP) is 2.87. The average molecular weight is 412 g/mol. The Morgan fingerprint density at radius 3 is 2.73 bits per heavy atom. The van der Waals surface area contributed by atoms with E-state index in [1.807, 2.05) is 18.3 Å². The van der Waals surface area contributed by atoms with Gasteiger partial charge in [-0.3, -0.25) is 9.69 Å². The third-order valence-electron chi connectivity index (χ3n) is 9.11. The van der Waals surface area contributed by atoms with E-state index in [1.165, 1.54) is 12.8 Å². The van der Waals surface area contributed by atoms with E-state index in [4.69, 9.17) is 9.47 Å². The molecule has 162 valence electrons. The van der Waals surface area contributed by atoms with Gasteiger partial charge in [0.25, 0.3) is 0 Å². The first-order valence-corrected chi connectivity index (χ1v) is 11.7. The number of nitrogens with zero attached hydrogens (tertiary/aromatic N) is 3. The normalized spacial score (nSPS) is 45.3. The Bertz CT molecular complexity index is 841. The number of esters is 1. The Labute approximate surface area is 178 Å². The van der Waals surface area contributed by atoms with E-state index in [-0.39, 0.29) is 34.6 Å². The molecule has 0 radical (unpaired) electrons. The molecule has 6 heteroatoms. The summed E-state index contributed by atoms with van der Waals surface area (Å²) in [6.07, 6.45) is 7.49. The molecule has 3 aliphatic heterocycles. The Hall–Kier alpha value is -1.66. The highest BCUT2D eigenvalue weighted by molar-refractivity contribution is 5.76. The van der Waals surface area contributed by atoms with Gasteiger partial charge in [0.05, 0.1) is 11.5 Å². The molecular weight excluding hydrogens is 378 g/mol. The molecule has 6 unspecified atom stereocenters. The summed E-state index contributed by atoms with van der Waals surface area (Å²) in [6, 6.07) is 6.07. The zero-order chi connectivity index (χ0) is 20.6. The quantitative estimate of drug-likeness (QED) is 0.563. The lowest BCUT2D eigenvalue weighted by Crippen LogP contribution is -2.54. The van der Waals surface area contributed by atoms with Gasteiger partial charge in [0.1, 0.15) is 17.5 Å². The smallest absolute Gasteiger partial charge is 0.310 e. The van der Waals surface area contributed by atoms with Gasteiger partial charge in [-0.25, -0.2) is 4.98 Å². The maximum Gasteiger partial charge on any atom is 0.310 e. The second-order valence-corrected chi connectivity index (χ2v) is 10.7. The van der Waals surface area contributed by atoms with E-state index in [9.17, 15) is 4.79 Å². The summed E-state index contributed by atoms with van der Waals surface area (Å²) in [6.45, 7) is 9.34. The largest absolute Gasteiger partial charge is 0.462 e. The van der Waals surface area contributed by atoms with Crippen LogP contribution in [0.1, 0.15) is 46.0 Å². The maximum atomic E-state index is 12.9. The van der Waals surface area contributed by atoms with Crippen molar-refractivity contribution in [3.05, 3.63) is 24.4 Å². The second kappa shape index (κ2) is 6.42. The van der Waals surface area contributed by atoms with Crippen LogP contribution in [-0.4, -0.2) is 65.9 Å². The molecule has 30 heavy (non-hydrogen) atoms. The molecular formula is C24H33N3O3. The topological polar surface area (TPSA) is 58.2 Å². The Balaban J connectivity index is 1.14. The zero-order valence-electron chi connectivity index (χ0n) is 18.2. The summed E-state index contributed by atoms with van der Waals surface area (Å²) in [5, 5.41) is 0. The van der Waals surface area contributed by atoms with Gasteiger partial charge >= 0.3 is 5.97 Å². The van der Waals surface area contributed by atoms with Gasteiger partial charge in [-0.1, -0.05) is 13.0 Å². The monoisotopic (exact) mass is 411 g/mol. The molecule has 0 N–H and O–H groups in total. The molecule has 2 aliphatic carbocycles. The van der Waals surface area contributed by atoms with Gasteiger partial charge in [-0.2, -0.15) is 0 Å². The van der Waals surface area contributed by atoms with Crippen LogP contribution in [0.15, 0.2) is 24.4 Å². The summed E-state index contributed by atoms with van der Waals surface area (Å²) in [7, 11) is 0. The number of carbonyl (C=O) groups is 1. The number of rotatable bonds is 3. The summed E-state index contributed by atoms with van der Waals surface area (Å²) in [5.41, 5.74) is 0.156. The first kappa shape index (κ1) is 19.1. The van der Waals surface area contributed by atoms with E-state index < -0.39 is 0 Å². The van der Waals surface area contributed by atoms with Crippen molar-refractivity contribution in [3.63, 3.8) is 0 Å². The number of fused-ring (bicyclic) bond motifs is 1. The molecule has 3 saturated heterocycles. The van der Waals surface area contributed by atoms with Crippen LogP contribution < -0.4 is 4.90 Å². The first-order chi connectivity index (χ1) is 14.4. The van der Waals surface area contributed by atoms with Crippen molar-refractivity contribution in [2.75, 3.05) is 37.6 Å². The molecule has 0 amide bonds. The third kappa shape index (κ3) is 2.62. The fraction of sp³-hybridized carbons (Fsp3) is 0.750. The summed E-state index contributed by atoms with van der Waals surface area (Å²) >= 11 is 0. The minimum absolute atomic E-state index is 0.00861. The number of epoxide rings is 1. The summed E-state index contributed by atoms with van der Waals surface area (Å²) in [4.78, 5) is 22.2. The van der Waals surface area contributed by atoms with E-state index >= 15 is 0 Å². The van der Waals surface area contributed by atoms with Crippen molar-refractivity contribution >= 4 is 11.8 Å². The number of hydrogen-bond acceptors (Lipinski definition) is 6. The highest BCUT2D eigenvalue weighted by Gasteiger charge is 2.79. The SMILES string of the molecule is CC12CCCC3(C)OC13CC1C(C2)OC(=O)C1CN1CCN(c2ccccn2)CC1. The lowest BCUT2D eigenvalue weighted by atomic mass is 9.53. The van der Waals surface area contributed by atoms with Gasteiger partial charge in [0, 0.05) is 50.3 Å². The molecule has 1 spiro atoms. The van der Waals surface area contributed by atoms with E-state index in [0.717, 1.165) is 57.8 Å². The van der Waals surface area contributed by atoms with Gasteiger partial charge in [-0.05, 0) is 51.2 Å². The van der Waals surface area contributed by atoms with Crippen LogP contribution in [0, 0.1) is 17.3 Å². The van der Waals surface area contributed by atoms with Crippen LogP contribution in [-0.2, 0) is 14.3 Å². The molecule has 1 aromatic rings. The summed E-state index contributed by atoms with van der Waals surface area (Å²) in [5.74, 6) is 1.37. The van der Waals surface area contributed by atoms with Crippen molar-refractivity contribution in [3.8, 4) is 0 Å². The standard InChI is InChI=1S/C24H33N3O3/c1-22-7-5-8-23(2)24(22,30-23)14-17-18(21(28)29-19(17)15-22)16-26-10-12-27(13-11-26)20-6-3-4-9-25-20/h3-4,6,9,17-19H,5,7-8,10-16H2,1-2H3. The van der Waals surface area contributed by atoms with Crippen molar-refractivity contribution in [1.29, 1.82) is 0 Å². The van der Waals surface area contributed by atoms with Gasteiger partial charge < -0.3 is 14.4 Å². The zero-order valence-corrected chi connectivity index (χ0v) is 18.2. The van der Waals surface area contributed by atoms with Crippen molar-refractivity contribution < 1.29 is 14.3 Å². The van der Waals surface area contributed by atoms with E-state index in [2.05, 4.69) is 34.7 Å². The first-order valence-electron chi connectivity index (χ1n) is 11.7. The predicted molar refractivity (Wildman–Crippen MR) is 113 cm³/mol. The van der Waals surface area contributed by atoms with Crippen LogP contribution in [0.4, 0.5) is 5.82 Å². The minimum Gasteiger partial charge on any atom is -0.462 e. The molecule has 6 nitrogen and oxygen atoms in total. The van der Waals surface area contributed by atoms with Gasteiger partial charge in [0.15, 0.2) is 0 Å². The molecule has 4 heterocycles. The molecule has 5 aliphatic rings. The maximum absolute atomic E-state index is 12.9. The molecule has 6 atom stereocenters. The van der Waals surface area contributed by atoms with E-state index in [1.54, 1.807) is 0 Å². The third-order valence-corrected chi connectivity index (χ3v) is 9.11. The highest BCUT2D eigenvalue weighted by Crippen LogP contribution is 2.72. The molecule has 2 saturated carbocycles. The average Bonchev–Trinajstić information content (AvgIpc) is 3.27. The van der Waals surface area contributed by atoms with Crippen molar-refractivity contribution in [2.24, 2.45) is 17.3 Å². The van der Waals surface area contributed by atoms with Gasteiger partial charge in [-0.15, -0.1) is 0 Å². The molecule has 1 aromatic heterocycles. The van der Waals surface area contributed by atoms with Crippen molar-refractivity contribution in [2.45, 2.75) is 63.3 Å². The van der Waals surface area contributed by atoms with Crippen LogP contribution in [0.3, 0.4) is 0 Å². The Kier molecular flexibility index (Phi) is 4.08. The molecule has 0 aromatic carbocycles. The second-order valence-electron chi connectivity index (χ2n) is 10.7. The number of carbonyl (C=O) groups excluding carboxylic acids is 1. The molecule has 6 rings (SSSR count). The fourth-order valence-electron chi connectivity index (χ4n) is 7.35. The Morgan fingerprint density at radius 1 is 1.13 bits per heavy atom. The van der Waals surface area contributed by atoms with Crippen molar-refractivity contribution in [1.82, 2.24) is 9.88 Å². The number of pyridine rings is 1. The lowest BCUT2D eigenvalue weighted by molar-refractivity contribution is -0.146. The number of anilines is 1. The number of piperazine rings is 1. The van der Waals surface area contributed by atoms with E-state index in [0.29, 0.717) is 5.92 Å². The molecule has 0 bridgehead atoms.